The van der Waals surface area contributed by atoms with E-state index in [1.165, 1.54) is 0 Å². The minimum atomic E-state index is -0.108. The predicted octanol–water partition coefficient (Wildman–Crippen LogP) is 1.86. The Morgan fingerprint density at radius 3 is 2.80 bits per heavy atom. The van der Waals surface area contributed by atoms with E-state index < -0.39 is 0 Å². The molecule has 0 saturated carbocycles. The molecule has 0 aromatic heterocycles. The van der Waals surface area contributed by atoms with Gasteiger partial charge >= 0.3 is 5.97 Å². The molecule has 1 aliphatic heterocycles. The number of cyclic esters (lactones) is 1. The van der Waals surface area contributed by atoms with Gasteiger partial charge in [-0.1, -0.05) is 6.92 Å². The monoisotopic (exact) mass is 140 g/mol. The summed E-state index contributed by atoms with van der Waals surface area (Å²) in [7, 11) is 0. The Morgan fingerprint density at radius 2 is 2.40 bits per heavy atom. The van der Waals surface area contributed by atoms with Crippen LogP contribution in [0, 0.1) is 5.92 Å². The van der Waals surface area contributed by atoms with Crippen LogP contribution in [0.15, 0.2) is 11.8 Å². The second kappa shape index (κ2) is 2.86. The van der Waals surface area contributed by atoms with E-state index in [0.29, 0.717) is 0 Å². The van der Waals surface area contributed by atoms with Crippen molar-refractivity contribution in [2.45, 2.75) is 26.7 Å². The molecule has 0 radical (unpaired) electrons. The third kappa shape index (κ3) is 1.38. The largest absolute Gasteiger partial charge is 0.431 e. The topological polar surface area (TPSA) is 26.3 Å². The van der Waals surface area contributed by atoms with Gasteiger partial charge in [-0.3, -0.25) is 4.79 Å². The Bertz CT molecular complexity index is 170. The van der Waals surface area contributed by atoms with Crippen LogP contribution < -0.4 is 0 Å². The van der Waals surface area contributed by atoms with E-state index in [-0.39, 0.29) is 11.9 Å². The van der Waals surface area contributed by atoms with Crippen molar-refractivity contribution in [2.75, 3.05) is 0 Å². The first-order valence-corrected chi connectivity index (χ1v) is 3.66. The molecule has 2 heteroatoms. The molecule has 1 atom stereocenters. The number of ether oxygens (including phenoxy) is 1. The molecule has 0 aliphatic carbocycles. The highest BCUT2D eigenvalue weighted by atomic mass is 16.5. The second-order valence-corrected chi connectivity index (χ2v) is 2.59. The average Bonchev–Trinajstić information content (AvgIpc) is 2.14. The lowest BCUT2D eigenvalue weighted by molar-refractivity contribution is -0.139. The van der Waals surface area contributed by atoms with Crippen LogP contribution in [-0.2, 0) is 9.53 Å². The zero-order valence-corrected chi connectivity index (χ0v) is 6.39. The molecule has 0 spiro atoms. The fraction of sp³-hybridized carbons (Fsp3) is 0.625. The Balaban J connectivity index is 2.50. The summed E-state index contributed by atoms with van der Waals surface area (Å²) in [6, 6.07) is 0. The predicted molar refractivity (Wildman–Crippen MR) is 38.2 cm³/mol. The molecule has 10 heavy (non-hydrogen) atoms. The summed E-state index contributed by atoms with van der Waals surface area (Å²) in [5.41, 5.74) is 0. The van der Waals surface area contributed by atoms with Crippen molar-refractivity contribution >= 4 is 5.97 Å². The summed E-state index contributed by atoms with van der Waals surface area (Å²) in [6.45, 7) is 3.92. The maximum Gasteiger partial charge on any atom is 0.317 e. The van der Waals surface area contributed by atoms with Crippen LogP contribution in [0.2, 0.25) is 0 Å². The normalized spacial score (nSPS) is 24.4. The van der Waals surface area contributed by atoms with Crippen LogP contribution in [0.4, 0.5) is 0 Å². The van der Waals surface area contributed by atoms with Crippen LogP contribution in [0.5, 0.6) is 0 Å². The first kappa shape index (κ1) is 7.32. The van der Waals surface area contributed by atoms with Gasteiger partial charge in [-0.15, -0.1) is 0 Å². The molecule has 1 aliphatic rings. The van der Waals surface area contributed by atoms with Gasteiger partial charge in [-0.05, 0) is 19.4 Å². The minimum Gasteiger partial charge on any atom is -0.431 e. The Hall–Kier alpha value is -0.790. The van der Waals surface area contributed by atoms with Crippen molar-refractivity contribution in [1.29, 1.82) is 0 Å². The first-order valence-electron chi connectivity index (χ1n) is 3.66. The van der Waals surface area contributed by atoms with Gasteiger partial charge in [0.05, 0.1) is 5.92 Å². The fourth-order valence-corrected chi connectivity index (χ4v) is 0.984. The number of hydrogen-bond acceptors (Lipinski definition) is 2. The maximum atomic E-state index is 10.8. The highest BCUT2D eigenvalue weighted by Gasteiger charge is 2.21. The van der Waals surface area contributed by atoms with Crippen molar-refractivity contribution in [3.8, 4) is 0 Å². The molecule has 1 rings (SSSR count). The van der Waals surface area contributed by atoms with E-state index in [1.54, 1.807) is 0 Å². The average molecular weight is 140 g/mol. The zero-order valence-electron chi connectivity index (χ0n) is 6.39. The third-order valence-electron chi connectivity index (χ3n) is 1.54. The minimum absolute atomic E-state index is 0.0263. The lowest BCUT2D eigenvalue weighted by Crippen LogP contribution is -2.03. The third-order valence-corrected chi connectivity index (χ3v) is 1.54. The van der Waals surface area contributed by atoms with E-state index in [1.807, 2.05) is 13.0 Å². The second-order valence-electron chi connectivity index (χ2n) is 2.59. The van der Waals surface area contributed by atoms with Crippen molar-refractivity contribution in [1.82, 2.24) is 0 Å². The highest BCUT2D eigenvalue weighted by molar-refractivity contribution is 5.77. The lowest BCUT2D eigenvalue weighted by atomic mass is 10.2. The fourth-order valence-electron chi connectivity index (χ4n) is 0.984. The Labute approximate surface area is 60.9 Å². The van der Waals surface area contributed by atoms with Crippen LogP contribution in [0.25, 0.3) is 0 Å². The molecule has 0 saturated heterocycles. The summed E-state index contributed by atoms with van der Waals surface area (Å²) in [6.07, 6.45) is 3.81. The van der Waals surface area contributed by atoms with Crippen LogP contribution >= 0.6 is 0 Å². The van der Waals surface area contributed by atoms with E-state index in [9.17, 15) is 4.79 Å². The summed E-state index contributed by atoms with van der Waals surface area (Å²) < 4.78 is 4.94. The van der Waals surface area contributed by atoms with Gasteiger partial charge in [0.25, 0.3) is 0 Å². The van der Waals surface area contributed by atoms with Gasteiger partial charge in [0.2, 0.25) is 0 Å². The van der Waals surface area contributed by atoms with Crippen molar-refractivity contribution in [2.24, 2.45) is 5.92 Å². The van der Waals surface area contributed by atoms with Crippen molar-refractivity contribution in [3.63, 3.8) is 0 Å². The van der Waals surface area contributed by atoms with Crippen LogP contribution in [0.1, 0.15) is 26.7 Å². The Morgan fingerprint density at radius 1 is 1.70 bits per heavy atom. The number of rotatable bonds is 2. The number of carbonyl (C=O) groups excluding carboxylic acids is 1. The van der Waals surface area contributed by atoms with E-state index >= 15 is 0 Å². The zero-order chi connectivity index (χ0) is 7.56. The molecule has 0 fully saturated rings. The maximum absolute atomic E-state index is 10.8. The molecule has 0 N–H and O–H groups in total. The van der Waals surface area contributed by atoms with Gasteiger partial charge < -0.3 is 4.74 Å². The van der Waals surface area contributed by atoms with Crippen LogP contribution in [-0.4, -0.2) is 5.97 Å². The molecule has 1 heterocycles. The number of carbonyl (C=O) groups is 1. The molecular weight excluding hydrogens is 128 g/mol. The summed E-state index contributed by atoms with van der Waals surface area (Å²) in [5, 5.41) is 0. The van der Waals surface area contributed by atoms with Crippen molar-refractivity contribution in [3.05, 3.63) is 11.8 Å². The molecule has 2 nitrogen and oxygen atoms in total. The standard InChI is InChI=1S/C8H12O2/c1-3-4-7-5-6(2)8(9)10-7/h5-6H,3-4H2,1-2H3. The molecule has 56 valence electrons. The van der Waals surface area contributed by atoms with Crippen LogP contribution in [0.3, 0.4) is 0 Å². The first-order chi connectivity index (χ1) is 4.74. The molecule has 0 aromatic rings. The van der Waals surface area contributed by atoms with Gasteiger partial charge in [-0.2, -0.15) is 0 Å². The summed E-state index contributed by atoms with van der Waals surface area (Å²) in [4.78, 5) is 10.8. The smallest absolute Gasteiger partial charge is 0.317 e. The quantitative estimate of drug-likeness (QED) is 0.547. The molecule has 0 aromatic carbocycles. The van der Waals surface area contributed by atoms with E-state index in [2.05, 4.69) is 6.92 Å². The number of allylic oxidation sites excluding steroid dienone is 1. The Kier molecular flexibility index (Phi) is 2.10. The highest BCUT2D eigenvalue weighted by Crippen LogP contribution is 2.20. The van der Waals surface area contributed by atoms with E-state index in [4.69, 9.17) is 4.74 Å². The van der Waals surface area contributed by atoms with E-state index in [0.717, 1.165) is 18.6 Å². The van der Waals surface area contributed by atoms with Crippen molar-refractivity contribution < 1.29 is 9.53 Å². The van der Waals surface area contributed by atoms with Gasteiger partial charge in [-0.25, -0.2) is 0 Å². The molecule has 0 amide bonds. The molecular formula is C8H12O2. The number of hydrogen-bond donors (Lipinski definition) is 0. The lowest BCUT2D eigenvalue weighted by Gasteiger charge is -1.97. The van der Waals surface area contributed by atoms with Gasteiger partial charge in [0.1, 0.15) is 5.76 Å². The van der Waals surface area contributed by atoms with Gasteiger partial charge in [0, 0.05) is 6.42 Å². The number of esters is 1. The molecule has 0 bridgehead atoms. The van der Waals surface area contributed by atoms with Gasteiger partial charge in [0.15, 0.2) is 0 Å². The molecule has 1 unspecified atom stereocenters. The SMILES string of the molecule is CCCC1=CC(C)C(=O)O1. The summed E-state index contributed by atoms with van der Waals surface area (Å²) >= 11 is 0. The summed E-state index contributed by atoms with van der Waals surface area (Å²) in [5.74, 6) is 0.713.